The molecule has 5 nitrogen and oxygen atoms in total. The standard InChI is InChI=1S/C18H24N4O/c1-20-10-11-22(17(14-20)16-6-4-3-5-7-16)18(23)9-8-15-12-19-21(2)13-15/h3-7,12-13,17H,8-11,14H2,1-2H3. The molecule has 0 bridgehead atoms. The van der Waals surface area contributed by atoms with Crippen molar-refractivity contribution in [1.82, 2.24) is 19.6 Å². The van der Waals surface area contributed by atoms with Crippen LogP contribution in [0.4, 0.5) is 0 Å². The molecular formula is C18H24N4O. The molecule has 0 saturated carbocycles. The number of hydrogen-bond acceptors (Lipinski definition) is 3. The van der Waals surface area contributed by atoms with Crippen LogP contribution in [0.2, 0.25) is 0 Å². The largest absolute Gasteiger partial charge is 0.333 e. The van der Waals surface area contributed by atoms with Crippen LogP contribution in [0, 0.1) is 0 Å². The van der Waals surface area contributed by atoms with E-state index < -0.39 is 0 Å². The molecule has 3 rings (SSSR count). The number of rotatable bonds is 4. The molecule has 1 aromatic carbocycles. The van der Waals surface area contributed by atoms with Crippen LogP contribution in [0.1, 0.15) is 23.6 Å². The third kappa shape index (κ3) is 3.79. The smallest absolute Gasteiger partial charge is 0.223 e. The van der Waals surface area contributed by atoms with Crippen LogP contribution in [0.5, 0.6) is 0 Å². The highest BCUT2D eigenvalue weighted by Gasteiger charge is 2.29. The summed E-state index contributed by atoms with van der Waals surface area (Å²) in [4.78, 5) is 17.1. The van der Waals surface area contributed by atoms with E-state index in [1.165, 1.54) is 5.56 Å². The zero-order valence-corrected chi connectivity index (χ0v) is 13.9. The number of nitrogens with zero attached hydrogens (tertiary/aromatic N) is 4. The summed E-state index contributed by atoms with van der Waals surface area (Å²) in [6.45, 7) is 2.62. The number of benzene rings is 1. The monoisotopic (exact) mass is 312 g/mol. The first-order chi connectivity index (χ1) is 11.1. The Morgan fingerprint density at radius 1 is 1.22 bits per heavy atom. The predicted molar refractivity (Wildman–Crippen MR) is 89.9 cm³/mol. The topological polar surface area (TPSA) is 41.4 Å². The predicted octanol–water partition coefficient (Wildman–Crippen LogP) is 1.87. The maximum absolute atomic E-state index is 12.7. The van der Waals surface area contributed by atoms with Gasteiger partial charge in [-0.15, -0.1) is 0 Å². The van der Waals surface area contributed by atoms with Gasteiger partial charge < -0.3 is 9.80 Å². The SMILES string of the molecule is CN1CCN(C(=O)CCc2cnn(C)c2)C(c2ccccc2)C1. The molecule has 2 heterocycles. The van der Waals surface area contributed by atoms with Gasteiger partial charge in [0, 0.05) is 39.3 Å². The van der Waals surface area contributed by atoms with E-state index >= 15 is 0 Å². The molecule has 1 amide bonds. The highest BCUT2D eigenvalue weighted by Crippen LogP contribution is 2.25. The summed E-state index contributed by atoms with van der Waals surface area (Å²) < 4.78 is 1.78. The maximum Gasteiger partial charge on any atom is 0.223 e. The number of likely N-dealkylation sites (N-methyl/N-ethyl adjacent to an activating group) is 1. The van der Waals surface area contributed by atoms with Gasteiger partial charge in [0.15, 0.2) is 0 Å². The second-order valence-electron chi connectivity index (χ2n) is 6.30. The van der Waals surface area contributed by atoms with Crippen molar-refractivity contribution >= 4 is 5.91 Å². The van der Waals surface area contributed by atoms with Crippen LogP contribution in [0.25, 0.3) is 0 Å². The minimum atomic E-state index is 0.149. The molecule has 23 heavy (non-hydrogen) atoms. The Labute approximate surface area is 137 Å². The quantitative estimate of drug-likeness (QED) is 0.865. The van der Waals surface area contributed by atoms with Gasteiger partial charge in [0.05, 0.1) is 12.2 Å². The van der Waals surface area contributed by atoms with Crippen molar-refractivity contribution in [1.29, 1.82) is 0 Å². The van der Waals surface area contributed by atoms with Gasteiger partial charge in [0.1, 0.15) is 0 Å². The van der Waals surface area contributed by atoms with E-state index in [-0.39, 0.29) is 11.9 Å². The van der Waals surface area contributed by atoms with Gasteiger partial charge in [-0.3, -0.25) is 9.48 Å². The van der Waals surface area contributed by atoms with Crippen LogP contribution in [-0.2, 0) is 18.3 Å². The summed E-state index contributed by atoms with van der Waals surface area (Å²) in [5.74, 6) is 0.232. The third-order valence-electron chi connectivity index (χ3n) is 4.47. The van der Waals surface area contributed by atoms with Gasteiger partial charge in [0.25, 0.3) is 0 Å². The van der Waals surface area contributed by atoms with Crippen LogP contribution >= 0.6 is 0 Å². The van der Waals surface area contributed by atoms with E-state index in [9.17, 15) is 4.79 Å². The van der Waals surface area contributed by atoms with Gasteiger partial charge >= 0.3 is 0 Å². The Hall–Kier alpha value is -2.14. The van der Waals surface area contributed by atoms with E-state index in [1.807, 2.05) is 42.5 Å². The Kier molecular flexibility index (Phi) is 4.76. The molecule has 1 aliphatic heterocycles. The summed E-state index contributed by atoms with van der Waals surface area (Å²) >= 11 is 0. The number of aromatic nitrogens is 2. The number of carbonyl (C=O) groups is 1. The van der Waals surface area contributed by atoms with Crippen LogP contribution in [0.15, 0.2) is 42.7 Å². The summed E-state index contributed by atoms with van der Waals surface area (Å²) in [6, 6.07) is 10.5. The molecule has 1 unspecified atom stereocenters. The summed E-state index contributed by atoms with van der Waals surface area (Å²) in [7, 11) is 4.02. The Morgan fingerprint density at radius 3 is 2.70 bits per heavy atom. The van der Waals surface area contributed by atoms with E-state index in [1.54, 1.807) is 4.68 Å². The Bertz CT molecular complexity index is 652. The van der Waals surface area contributed by atoms with Crippen molar-refractivity contribution in [2.24, 2.45) is 7.05 Å². The zero-order valence-electron chi connectivity index (χ0n) is 13.9. The summed E-state index contributed by atoms with van der Waals surface area (Å²) in [5, 5.41) is 4.16. The fraction of sp³-hybridized carbons (Fsp3) is 0.444. The minimum Gasteiger partial charge on any atom is -0.333 e. The molecule has 0 spiro atoms. The molecule has 0 aliphatic carbocycles. The van der Waals surface area contributed by atoms with E-state index in [0.29, 0.717) is 6.42 Å². The highest BCUT2D eigenvalue weighted by atomic mass is 16.2. The molecule has 5 heteroatoms. The molecular weight excluding hydrogens is 288 g/mol. The average Bonchev–Trinajstić information content (AvgIpc) is 2.99. The van der Waals surface area contributed by atoms with Crippen LogP contribution in [0.3, 0.4) is 0 Å². The highest BCUT2D eigenvalue weighted by molar-refractivity contribution is 5.77. The minimum absolute atomic E-state index is 0.149. The molecule has 122 valence electrons. The maximum atomic E-state index is 12.7. The van der Waals surface area contributed by atoms with Crippen molar-refractivity contribution in [3.05, 3.63) is 53.9 Å². The van der Waals surface area contributed by atoms with Gasteiger partial charge in [-0.05, 0) is 24.6 Å². The van der Waals surface area contributed by atoms with E-state index in [2.05, 4.69) is 29.2 Å². The Balaban J connectivity index is 1.69. The van der Waals surface area contributed by atoms with Gasteiger partial charge in [-0.2, -0.15) is 5.10 Å². The van der Waals surface area contributed by atoms with Crippen molar-refractivity contribution in [3.63, 3.8) is 0 Å². The third-order valence-corrected chi connectivity index (χ3v) is 4.47. The molecule has 2 aromatic rings. The fourth-order valence-corrected chi connectivity index (χ4v) is 3.17. The van der Waals surface area contributed by atoms with Gasteiger partial charge in [0.2, 0.25) is 5.91 Å². The first kappa shape index (κ1) is 15.7. The lowest BCUT2D eigenvalue weighted by atomic mass is 10.0. The molecule has 1 saturated heterocycles. The van der Waals surface area contributed by atoms with Crippen LogP contribution in [-0.4, -0.2) is 52.2 Å². The molecule has 1 fully saturated rings. The number of carbonyl (C=O) groups excluding carboxylic acids is 1. The van der Waals surface area contributed by atoms with Gasteiger partial charge in [-0.1, -0.05) is 30.3 Å². The van der Waals surface area contributed by atoms with Crippen molar-refractivity contribution in [2.75, 3.05) is 26.7 Å². The second-order valence-corrected chi connectivity index (χ2v) is 6.30. The Morgan fingerprint density at radius 2 is 2.00 bits per heavy atom. The molecule has 1 atom stereocenters. The van der Waals surface area contributed by atoms with Crippen molar-refractivity contribution < 1.29 is 4.79 Å². The lowest BCUT2D eigenvalue weighted by Gasteiger charge is -2.40. The number of hydrogen-bond donors (Lipinski definition) is 0. The number of piperazine rings is 1. The van der Waals surface area contributed by atoms with E-state index in [0.717, 1.165) is 31.6 Å². The van der Waals surface area contributed by atoms with Crippen LogP contribution < -0.4 is 0 Å². The zero-order chi connectivity index (χ0) is 16.2. The average molecular weight is 312 g/mol. The second kappa shape index (κ2) is 6.96. The molecule has 0 radical (unpaired) electrons. The van der Waals surface area contributed by atoms with E-state index in [4.69, 9.17) is 0 Å². The lowest BCUT2D eigenvalue weighted by Crippen LogP contribution is -2.49. The molecule has 1 aliphatic rings. The lowest BCUT2D eigenvalue weighted by molar-refractivity contribution is -0.136. The van der Waals surface area contributed by atoms with Crippen molar-refractivity contribution in [3.8, 4) is 0 Å². The molecule has 0 N–H and O–H groups in total. The first-order valence-electron chi connectivity index (χ1n) is 8.14. The number of aryl methyl sites for hydroxylation is 2. The van der Waals surface area contributed by atoms with Crippen molar-refractivity contribution in [2.45, 2.75) is 18.9 Å². The number of amides is 1. The summed E-state index contributed by atoms with van der Waals surface area (Å²) in [6.07, 6.45) is 5.11. The fourth-order valence-electron chi connectivity index (χ4n) is 3.17. The van der Waals surface area contributed by atoms with Gasteiger partial charge in [-0.25, -0.2) is 0 Å². The summed E-state index contributed by atoms with van der Waals surface area (Å²) in [5.41, 5.74) is 2.33. The molecule has 1 aromatic heterocycles. The normalized spacial score (nSPS) is 19.0. The first-order valence-corrected chi connectivity index (χ1v) is 8.14.